The highest BCUT2D eigenvalue weighted by molar-refractivity contribution is 6.60. The second-order valence-corrected chi connectivity index (χ2v) is 7.72. The van der Waals surface area contributed by atoms with Gasteiger partial charge >= 0.3 is 7.12 Å². The minimum absolute atomic E-state index is 0.0164. The SMILES string of the molecule is COc1cccc(C(=O)N(NC(=O)c2ccc(B(O)O)c(C=O)c2)C(C)(C)C)c1C. The molecule has 2 amide bonds. The van der Waals surface area contributed by atoms with Crippen LogP contribution in [0.1, 0.15) is 57.4 Å². The summed E-state index contributed by atoms with van der Waals surface area (Å²) >= 11 is 0. The molecule has 0 aliphatic rings. The maximum absolute atomic E-state index is 13.2. The van der Waals surface area contributed by atoms with Gasteiger partial charge in [-0.2, -0.15) is 0 Å². The van der Waals surface area contributed by atoms with E-state index in [1.165, 1.54) is 30.3 Å². The quantitative estimate of drug-likeness (QED) is 0.385. The molecule has 0 radical (unpaired) electrons. The fraction of sp³-hybridized carbons (Fsp3) is 0.286. The van der Waals surface area contributed by atoms with Crippen LogP contribution >= 0.6 is 0 Å². The van der Waals surface area contributed by atoms with E-state index in [9.17, 15) is 24.4 Å². The van der Waals surface area contributed by atoms with Crippen molar-refractivity contribution in [2.45, 2.75) is 33.2 Å². The summed E-state index contributed by atoms with van der Waals surface area (Å²) in [6.45, 7) is 7.05. The van der Waals surface area contributed by atoms with Crippen LogP contribution in [-0.2, 0) is 0 Å². The highest BCUT2D eigenvalue weighted by Gasteiger charge is 2.31. The first kappa shape index (κ1) is 23.1. The fourth-order valence-electron chi connectivity index (χ4n) is 2.93. The molecule has 3 N–H and O–H groups in total. The second kappa shape index (κ2) is 9.10. The molecule has 9 heteroatoms. The van der Waals surface area contributed by atoms with E-state index >= 15 is 0 Å². The molecule has 0 fully saturated rings. The number of methoxy groups -OCH3 is 1. The van der Waals surface area contributed by atoms with Gasteiger partial charge in [-0.25, -0.2) is 5.01 Å². The first-order chi connectivity index (χ1) is 14.0. The molecule has 0 aliphatic carbocycles. The van der Waals surface area contributed by atoms with Gasteiger partial charge in [0.2, 0.25) is 0 Å². The van der Waals surface area contributed by atoms with Gasteiger partial charge in [0.15, 0.2) is 0 Å². The molecular formula is C21H25BN2O6. The molecule has 8 nitrogen and oxygen atoms in total. The summed E-state index contributed by atoms with van der Waals surface area (Å²) in [5.41, 5.74) is 2.88. The number of amides is 2. The van der Waals surface area contributed by atoms with Gasteiger partial charge in [-0.3, -0.25) is 19.8 Å². The van der Waals surface area contributed by atoms with Crippen LogP contribution in [0.2, 0.25) is 0 Å². The first-order valence-corrected chi connectivity index (χ1v) is 9.25. The van der Waals surface area contributed by atoms with E-state index in [0.29, 0.717) is 23.2 Å². The van der Waals surface area contributed by atoms with E-state index in [2.05, 4.69) is 5.43 Å². The Morgan fingerprint density at radius 3 is 2.37 bits per heavy atom. The first-order valence-electron chi connectivity index (χ1n) is 9.25. The molecule has 2 rings (SSSR count). The predicted molar refractivity (Wildman–Crippen MR) is 113 cm³/mol. The summed E-state index contributed by atoms with van der Waals surface area (Å²) in [6, 6.07) is 8.94. The summed E-state index contributed by atoms with van der Waals surface area (Å²) in [5, 5.41) is 19.9. The Labute approximate surface area is 175 Å². The molecule has 0 saturated heterocycles. The Hall–Kier alpha value is -3.17. The minimum atomic E-state index is -1.84. The van der Waals surface area contributed by atoms with Gasteiger partial charge in [0.25, 0.3) is 11.8 Å². The van der Waals surface area contributed by atoms with Crippen LogP contribution < -0.4 is 15.6 Å². The van der Waals surface area contributed by atoms with Crippen LogP contribution in [-0.4, -0.2) is 52.9 Å². The average Bonchev–Trinajstić information content (AvgIpc) is 2.70. The predicted octanol–water partition coefficient (Wildman–Crippen LogP) is 1.08. The Kier molecular flexibility index (Phi) is 7.02. The zero-order valence-corrected chi connectivity index (χ0v) is 17.6. The largest absolute Gasteiger partial charge is 0.496 e. The molecule has 0 aromatic heterocycles. The van der Waals surface area contributed by atoms with Gasteiger partial charge < -0.3 is 14.8 Å². The molecule has 0 bridgehead atoms. The van der Waals surface area contributed by atoms with E-state index < -0.39 is 24.5 Å². The zero-order chi connectivity index (χ0) is 22.6. The van der Waals surface area contributed by atoms with Crippen LogP contribution in [0, 0.1) is 6.92 Å². The van der Waals surface area contributed by atoms with Gasteiger partial charge in [0.05, 0.1) is 12.6 Å². The molecule has 2 aromatic rings. The van der Waals surface area contributed by atoms with E-state index in [1.54, 1.807) is 45.9 Å². The molecule has 0 saturated carbocycles. The Balaban J connectivity index is 2.39. The van der Waals surface area contributed by atoms with Crippen LogP contribution in [0.4, 0.5) is 0 Å². The number of hydrogen-bond donors (Lipinski definition) is 3. The molecule has 158 valence electrons. The Bertz CT molecular complexity index is 968. The van der Waals surface area contributed by atoms with Crippen LogP contribution in [0.5, 0.6) is 5.75 Å². The highest BCUT2D eigenvalue weighted by Crippen LogP contribution is 2.24. The number of nitrogens with zero attached hydrogens (tertiary/aromatic N) is 1. The van der Waals surface area contributed by atoms with E-state index in [4.69, 9.17) is 4.74 Å². The van der Waals surface area contributed by atoms with Gasteiger partial charge in [-0.1, -0.05) is 12.1 Å². The molecule has 0 spiro atoms. The number of benzene rings is 2. The van der Waals surface area contributed by atoms with Crippen molar-refractivity contribution in [2.24, 2.45) is 0 Å². The number of hydrazine groups is 1. The lowest BCUT2D eigenvalue weighted by molar-refractivity contribution is 0.0357. The van der Waals surface area contributed by atoms with E-state index in [0.717, 1.165) is 0 Å². The third-order valence-corrected chi connectivity index (χ3v) is 4.58. The molecule has 2 aromatic carbocycles. The molecule has 0 unspecified atom stereocenters. The molecule has 0 atom stereocenters. The van der Waals surface area contributed by atoms with E-state index in [-0.39, 0.29) is 16.6 Å². The van der Waals surface area contributed by atoms with Crippen molar-refractivity contribution in [3.63, 3.8) is 0 Å². The number of carbonyl (C=O) groups is 3. The molecule has 30 heavy (non-hydrogen) atoms. The van der Waals surface area contributed by atoms with E-state index in [1.807, 2.05) is 0 Å². The smallest absolute Gasteiger partial charge is 0.489 e. The van der Waals surface area contributed by atoms with Crippen molar-refractivity contribution >= 4 is 30.7 Å². The monoisotopic (exact) mass is 412 g/mol. The zero-order valence-electron chi connectivity index (χ0n) is 17.6. The number of nitrogens with one attached hydrogen (secondary N) is 1. The second-order valence-electron chi connectivity index (χ2n) is 7.72. The standard InChI is InChI=1S/C21H25BN2O6/c1-13-16(7-6-8-18(13)30-5)20(27)24(21(2,3)4)23-19(26)14-9-10-17(22(28)29)15(11-14)12-25/h6-12,28-29H,1-5H3,(H,23,26). The fourth-order valence-corrected chi connectivity index (χ4v) is 2.93. The number of aldehydes is 1. The number of carbonyl (C=O) groups excluding carboxylic acids is 3. The minimum Gasteiger partial charge on any atom is -0.496 e. The molecular weight excluding hydrogens is 387 g/mol. The lowest BCUT2D eigenvalue weighted by Gasteiger charge is -2.36. The topological polar surface area (TPSA) is 116 Å². The number of hydrogen-bond acceptors (Lipinski definition) is 6. The summed E-state index contributed by atoms with van der Waals surface area (Å²) in [4.78, 5) is 37.3. The maximum Gasteiger partial charge on any atom is 0.489 e. The summed E-state index contributed by atoms with van der Waals surface area (Å²) in [6.07, 6.45) is 0.428. The molecule has 0 heterocycles. The van der Waals surface area contributed by atoms with Gasteiger partial charge in [-0.15, -0.1) is 0 Å². The summed E-state index contributed by atoms with van der Waals surface area (Å²) < 4.78 is 5.28. The van der Waals surface area contributed by atoms with Gasteiger partial charge in [0, 0.05) is 22.3 Å². The third-order valence-electron chi connectivity index (χ3n) is 4.58. The van der Waals surface area contributed by atoms with Crippen molar-refractivity contribution in [2.75, 3.05) is 7.11 Å². The van der Waals surface area contributed by atoms with Crippen LogP contribution in [0.3, 0.4) is 0 Å². The van der Waals surface area contributed by atoms with Crippen molar-refractivity contribution in [1.82, 2.24) is 10.4 Å². The average molecular weight is 412 g/mol. The number of rotatable bonds is 5. The van der Waals surface area contributed by atoms with Crippen molar-refractivity contribution in [3.8, 4) is 5.75 Å². The normalized spacial score (nSPS) is 10.9. The highest BCUT2D eigenvalue weighted by atomic mass is 16.5. The van der Waals surface area contributed by atoms with Crippen molar-refractivity contribution in [3.05, 3.63) is 58.7 Å². The van der Waals surface area contributed by atoms with Gasteiger partial charge in [0.1, 0.15) is 12.0 Å². The lowest BCUT2D eigenvalue weighted by Crippen LogP contribution is -2.56. The summed E-state index contributed by atoms with van der Waals surface area (Å²) in [7, 11) is -0.330. The van der Waals surface area contributed by atoms with Crippen LogP contribution in [0.15, 0.2) is 36.4 Å². The van der Waals surface area contributed by atoms with Crippen molar-refractivity contribution in [1.29, 1.82) is 0 Å². The maximum atomic E-state index is 13.2. The Morgan fingerprint density at radius 1 is 1.17 bits per heavy atom. The summed E-state index contributed by atoms with van der Waals surface area (Å²) in [5.74, 6) is -0.499. The third kappa shape index (κ3) is 4.87. The lowest BCUT2D eigenvalue weighted by atomic mass is 9.77. The van der Waals surface area contributed by atoms with Crippen LogP contribution in [0.25, 0.3) is 0 Å². The molecule has 0 aliphatic heterocycles. The van der Waals surface area contributed by atoms with Crippen molar-refractivity contribution < 1.29 is 29.2 Å². The Morgan fingerprint density at radius 2 is 1.83 bits per heavy atom. The van der Waals surface area contributed by atoms with Gasteiger partial charge in [-0.05, 0) is 57.4 Å². The number of ether oxygens (including phenoxy) is 1.